The molecule has 0 unspecified atom stereocenters. The van der Waals surface area contributed by atoms with E-state index in [4.69, 9.17) is 6.85 Å². The van der Waals surface area contributed by atoms with Crippen molar-refractivity contribution in [3.8, 4) is 5.69 Å². The molecule has 1 aromatic heterocycles. The first-order valence-electron chi connectivity index (χ1n) is 7.44. The molecule has 0 amide bonds. The molecule has 2 rings (SSSR count). The SMILES string of the molecule is [2H]C([2H])([2H])C([2H])([2H])c1ccc(=O)n(-c2ccccc2C)c1. The van der Waals surface area contributed by atoms with Crippen molar-refractivity contribution in [2.24, 2.45) is 0 Å². The number of pyridine rings is 1. The predicted molar refractivity (Wildman–Crippen MR) is 66.2 cm³/mol. The zero-order valence-electron chi connectivity index (χ0n) is 13.9. The average Bonchev–Trinajstić information content (AvgIpc) is 2.38. The van der Waals surface area contributed by atoms with Crippen molar-refractivity contribution in [3.63, 3.8) is 0 Å². The first-order chi connectivity index (χ1) is 9.64. The van der Waals surface area contributed by atoms with Crippen LogP contribution >= 0.6 is 0 Å². The summed E-state index contributed by atoms with van der Waals surface area (Å²) in [5.41, 5.74) is 1.05. The lowest BCUT2D eigenvalue weighted by Crippen LogP contribution is -2.17. The highest BCUT2D eigenvalue weighted by Crippen LogP contribution is 2.11. The molecule has 0 saturated heterocycles. The Hall–Kier alpha value is -1.83. The number of nitrogens with zero attached hydrogens (tertiary/aromatic N) is 1. The van der Waals surface area contributed by atoms with E-state index in [1.165, 1.54) is 22.9 Å². The lowest BCUT2D eigenvalue weighted by molar-refractivity contribution is 0.944. The highest BCUT2D eigenvalue weighted by Gasteiger charge is 2.02. The first-order valence-corrected chi connectivity index (χ1v) is 4.94. The van der Waals surface area contributed by atoms with Crippen LogP contribution in [0.2, 0.25) is 0 Å². The second-order valence-corrected chi connectivity index (χ2v) is 3.54. The molecule has 0 saturated carbocycles. The van der Waals surface area contributed by atoms with E-state index in [1.54, 1.807) is 12.1 Å². The molecule has 0 aliphatic heterocycles. The second-order valence-electron chi connectivity index (χ2n) is 3.54. The Morgan fingerprint density at radius 3 is 2.88 bits per heavy atom. The highest BCUT2D eigenvalue weighted by molar-refractivity contribution is 5.40. The fourth-order valence-corrected chi connectivity index (χ4v) is 1.58. The van der Waals surface area contributed by atoms with E-state index in [0.29, 0.717) is 5.69 Å². The molecule has 0 bridgehead atoms. The molecule has 82 valence electrons. The fraction of sp³-hybridized carbons (Fsp3) is 0.214. The van der Waals surface area contributed by atoms with Crippen molar-refractivity contribution >= 4 is 0 Å². The Bertz CT molecular complexity index is 718. The minimum Gasteiger partial charge on any atom is -0.284 e. The molecule has 0 atom stereocenters. The minimum atomic E-state index is -2.80. The smallest absolute Gasteiger partial charge is 0.255 e. The standard InChI is InChI=1S/C14H15NO/c1-3-12-8-9-14(16)15(10-12)13-7-5-4-6-11(13)2/h4-10H,3H2,1-2H3/i1D3,3D2. The molecule has 2 aromatic rings. The van der Waals surface area contributed by atoms with E-state index in [2.05, 4.69) is 0 Å². The van der Waals surface area contributed by atoms with Crippen LogP contribution in [0.4, 0.5) is 0 Å². The number of rotatable bonds is 2. The normalized spacial score (nSPS) is 16.7. The molecule has 0 spiro atoms. The van der Waals surface area contributed by atoms with Gasteiger partial charge in [0.05, 0.1) is 5.69 Å². The van der Waals surface area contributed by atoms with E-state index >= 15 is 0 Å². The molecule has 0 fully saturated rings. The molecule has 0 radical (unpaired) electrons. The highest BCUT2D eigenvalue weighted by atomic mass is 16.1. The molecular weight excluding hydrogens is 198 g/mol. The summed E-state index contributed by atoms with van der Waals surface area (Å²) in [6.45, 7) is -0.978. The van der Waals surface area contributed by atoms with E-state index in [9.17, 15) is 4.79 Å². The van der Waals surface area contributed by atoms with Gasteiger partial charge >= 0.3 is 0 Å². The summed E-state index contributed by atoms with van der Waals surface area (Å²) >= 11 is 0. The molecule has 2 heteroatoms. The Balaban J connectivity index is 2.64. The van der Waals surface area contributed by atoms with Gasteiger partial charge in [0.15, 0.2) is 0 Å². The molecular formula is C14H15NO. The number of aromatic nitrogens is 1. The summed E-state index contributed by atoms with van der Waals surface area (Å²) in [5.74, 6) is 0. The monoisotopic (exact) mass is 218 g/mol. The number of benzene rings is 1. The zero-order chi connectivity index (χ0) is 15.8. The second kappa shape index (κ2) is 4.35. The topological polar surface area (TPSA) is 22.0 Å². The molecule has 0 aliphatic carbocycles. The Morgan fingerprint density at radius 1 is 1.31 bits per heavy atom. The van der Waals surface area contributed by atoms with Gasteiger partial charge in [-0.05, 0) is 30.5 Å². The number of hydrogen-bond acceptors (Lipinski definition) is 1. The van der Waals surface area contributed by atoms with Crippen molar-refractivity contribution in [2.75, 3.05) is 0 Å². The van der Waals surface area contributed by atoms with Crippen LogP contribution < -0.4 is 5.56 Å². The van der Waals surface area contributed by atoms with Gasteiger partial charge in [0.2, 0.25) is 0 Å². The van der Waals surface area contributed by atoms with Crippen molar-refractivity contribution in [2.45, 2.75) is 20.1 Å². The average molecular weight is 218 g/mol. The van der Waals surface area contributed by atoms with Crippen LogP contribution in [-0.4, -0.2) is 4.57 Å². The number of para-hydroxylation sites is 1. The Labute approximate surface area is 102 Å². The van der Waals surface area contributed by atoms with Gasteiger partial charge in [0, 0.05) is 19.1 Å². The molecule has 1 heterocycles. The summed E-state index contributed by atoms with van der Waals surface area (Å²) in [6, 6.07) is 9.56. The Morgan fingerprint density at radius 2 is 2.12 bits per heavy atom. The van der Waals surface area contributed by atoms with Crippen molar-refractivity contribution in [1.82, 2.24) is 4.57 Å². The summed E-state index contributed by atoms with van der Waals surface area (Å²) in [5, 5.41) is 0. The molecule has 0 aliphatic rings. The van der Waals surface area contributed by atoms with E-state index in [1.807, 2.05) is 19.1 Å². The third-order valence-electron chi connectivity index (χ3n) is 2.43. The fourth-order valence-electron chi connectivity index (χ4n) is 1.58. The van der Waals surface area contributed by atoms with Crippen molar-refractivity contribution in [3.05, 3.63) is 64.1 Å². The third-order valence-corrected chi connectivity index (χ3v) is 2.43. The third kappa shape index (κ3) is 1.91. The van der Waals surface area contributed by atoms with Crippen LogP contribution in [0.25, 0.3) is 5.69 Å². The summed E-state index contributed by atoms with van der Waals surface area (Å²) in [7, 11) is 0. The van der Waals surface area contributed by atoms with Gasteiger partial charge < -0.3 is 0 Å². The van der Waals surface area contributed by atoms with Crippen LogP contribution in [0.3, 0.4) is 0 Å². The maximum absolute atomic E-state index is 12.0. The minimum absolute atomic E-state index is 0.0506. The van der Waals surface area contributed by atoms with Gasteiger partial charge in [0.1, 0.15) is 0 Å². The zero-order valence-corrected chi connectivity index (χ0v) is 8.90. The lowest BCUT2D eigenvalue weighted by atomic mass is 10.2. The largest absolute Gasteiger partial charge is 0.284 e. The lowest BCUT2D eigenvalue weighted by Gasteiger charge is -2.09. The maximum Gasteiger partial charge on any atom is 0.255 e. The molecule has 1 aromatic carbocycles. The molecule has 16 heavy (non-hydrogen) atoms. The molecule has 2 nitrogen and oxygen atoms in total. The van der Waals surface area contributed by atoms with Crippen LogP contribution in [0, 0.1) is 6.92 Å². The van der Waals surface area contributed by atoms with Gasteiger partial charge in [-0.1, -0.05) is 31.1 Å². The summed E-state index contributed by atoms with van der Waals surface area (Å²) in [4.78, 5) is 12.0. The summed E-state index contributed by atoms with van der Waals surface area (Å²) < 4.78 is 38.8. The Kier molecular flexibility index (Phi) is 1.64. The quantitative estimate of drug-likeness (QED) is 0.759. The van der Waals surface area contributed by atoms with E-state index < -0.39 is 13.2 Å². The van der Waals surface area contributed by atoms with E-state index in [0.717, 1.165) is 5.56 Å². The van der Waals surface area contributed by atoms with Crippen LogP contribution in [0.1, 0.15) is 24.8 Å². The van der Waals surface area contributed by atoms with Crippen molar-refractivity contribution < 1.29 is 6.85 Å². The number of hydrogen-bond donors (Lipinski definition) is 0. The van der Waals surface area contributed by atoms with Gasteiger partial charge in [-0.25, -0.2) is 0 Å². The first kappa shape index (κ1) is 6.04. The van der Waals surface area contributed by atoms with Crippen LogP contribution in [0.5, 0.6) is 0 Å². The van der Waals surface area contributed by atoms with Gasteiger partial charge in [0.25, 0.3) is 5.56 Å². The van der Waals surface area contributed by atoms with E-state index in [-0.39, 0.29) is 11.1 Å². The van der Waals surface area contributed by atoms with Crippen molar-refractivity contribution in [1.29, 1.82) is 0 Å². The van der Waals surface area contributed by atoms with Crippen LogP contribution in [-0.2, 0) is 6.37 Å². The van der Waals surface area contributed by atoms with Crippen LogP contribution in [0.15, 0.2) is 47.4 Å². The predicted octanol–water partition coefficient (Wildman–Crippen LogP) is 2.71. The van der Waals surface area contributed by atoms with Gasteiger partial charge in [-0.2, -0.15) is 0 Å². The van der Waals surface area contributed by atoms with Gasteiger partial charge in [-0.3, -0.25) is 9.36 Å². The number of aryl methyl sites for hydroxylation is 2. The summed E-state index contributed by atoms with van der Waals surface area (Å²) in [6.07, 6.45) is -1.26. The maximum atomic E-state index is 12.0. The van der Waals surface area contributed by atoms with Gasteiger partial charge in [-0.15, -0.1) is 0 Å². The molecule has 0 N–H and O–H groups in total.